The standard InChI is InChI=1S/C23H15Cl2F3N2O/c24-17-7-10-19(20(25)11-17)21-12-29-22(30-21)13-31-18-8-3-15(4-9-18)14-1-5-16(6-2-14)23(26,27)28/h1-12H,13H2,(H,29,30). The Bertz CT molecular complexity index is 1190. The number of halogens is 5. The van der Waals surface area contributed by atoms with Crippen LogP contribution < -0.4 is 4.74 Å². The monoisotopic (exact) mass is 462 g/mol. The third-order valence-corrected chi connectivity index (χ3v) is 5.17. The molecule has 0 atom stereocenters. The molecule has 0 saturated carbocycles. The number of imidazole rings is 1. The van der Waals surface area contributed by atoms with E-state index in [1.54, 1.807) is 42.6 Å². The minimum atomic E-state index is -4.35. The van der Waals surface area contributed by atoms with Crippen LogP contribution in [-0.2, 0) is 12.8 Å². The van der Waals surface area contributed by atoms with Crippen LogP contribution >= 0.6 is 23.2 Å². The van der Waals surface area contributed by atoms with Crippen molar-refractivity contribution in [2.24, 2.45) is 0 Å². The van der Waals surface area contributed by atoms with Gasteiger partial charge < -0.3 is 9.72 Å². The normalized spacial score (nSPS) is 11.5. The van der Waals surface area contributed by atoms with Gasteiger partial charge in [-0.15, -0.1) is 0 Å². The minimum Gasteiger partial charge on any atom is -0.486 e. The average molecular weight is 463 g/mol. The summed E-state index contributed by atoms with van der Waals surface area (Å²) in [6.07, 6.45) is -2.68. The van der Waals surface area contributed by atoms with Gasteiger partial charge in [0.15, 0.2) is 0 Å². The molecule has 1 heterocycles. The maximum absolute atomic E-state index is 12.7. The maximum atomic E-state index is 12.7. The Balaban J connectivity index is 1.40. The van der Waals surface area contributed by atoms with E-state index in [-0.39, 0.29) is 6.61 Å². The zero-order valence-electron chi connectivity index (χ0n) is 15.9. The Hall–Kier alpha value is -2.96. The number of alkyl halides is 3. The summed E-state index contributed by atoms with van der Waals surface area (Å²) in [5.74, 6) is 1.23. The number of H-pyrrole nitrogens is 1. The molecule has 0 saturated heterocycles. The first-order valence-electron chi connectivity index (χ1n) is 9.19. The Labute approximate surface area is 186 Å². The number of hydrogen-bond donors (Lipinski definition) is 1. The van der Waals surface area contributed by atoms with Crippen LogP contribution in [0.5, 0.6) is 5.75 Å². The summed E-state index contributed by atoms with van der Waals surface area (Å²) in [4.78, 5) is 7.46. The summed E-state index contributed by atoms with van der Waals surface area (Å²) in [5.41, 5.74) is 2.34. The smallest absolute Gasteiger partial charge is 0.416 e. The maximum Gasteiger partial charge on any atom is 0.416 e. The summed E-state index contributed by atoms with van der Waals surface area (Å²) in [6, 6.07) is 17.4. The Kier molecular flexibility index (Phi) is 5.94. The Morgan fingerprint density at radius 2 is 1.52 bits per heavy atom. The summed E-state index contributed by atoms with van der Waals surface area (Å²) in [7, 11) is 0. The summed E-state index contributed by atoms with van der Waals surface area (Å²) in [5, 5.41) is 1.07. The molecule has 0 radical (unpaired) electrons. The van der Waals surface area contributed by atoms with Gasteiger partial charge in [0.25, 0.3) is 0 Å². The van der Waals surface area contributed by atoms with E-state index in [4.69, 9.17) is 27.9 Å². The first-order valence-corrected chi connectivity index (χ1v) is 9.95. The predicted molar refractivity (Wildman–Crippen MR) is 115 cm³/mol. The van der Waals surface area contributed by atoms with Crippen molar-refractivity contribution in [1.82, 2.24) is 9.97 Å². The molecule has 4 aromatic rings. The number of aromatic nitrogens is 2. The number of nitrogens with zero attached hydrogens (tertiary/aromatic N) is 1. The fourth-order valence-electron chi connectivity index (χ4n) is 3.03. The lowest BCUT2D eigenvalue weighted by molar-refractivity contribution is -0.137. The molecule has 0 amide bonds. The fourth-order valence-corrected chi connectivity index (χ4v) is 3.54. The lowest BCUT2D eigenvalue weighted by Crippen LogP contribution is -2.03. The molecule has 0 aliphatic carbocycles. The second-order valence-electron chi connectivity index (χ2n) is 6.76. The van der Waals surface area contributed by atoms with E-state index in [1.807, 2.05) is 6.07 Å². The van der Waals surface area contributed by atoms with Gasteiger partial charge in [-0.05, 0) is 53.6 Å². The molecule has 0 aliphatic heterocycles. The van der Waals surface area contributed by atoms with Crippen molar-refractivity contribution in [3.63, 3.8) is 0 Å². The van der Waals surface area contributed by atoms with E-state index < -0.39 is 11.7 Å². The zero-order valence-corrected chi connectivity index (χ0v) is 17.4. The molecule has 0 aliphatic rings. The van der Waals surface area contributed by atoms with Crippen molar-refractivity contribution in [2.45, 2.75) is 12.8 Å². The second kappa shape index (κ2) is 8.65. The molecule has 1 N–H and O–H groups in total. The van der Waals surface area contributed by atoms with E-state index in [2.05, 4.69) is 9.97 Å². The number of rotatable bonds is 5. The highest BCUT2D eigenvalue weighted by molar-refractivity contribution is 6.36. The second-order valence-corrected chi connectivity index (χ2v) is 7.60. The number of hydrogen-bond acceptors (Lipinski definition) is 2. The predicted octanol–water partition coefficient (Wildman–Crippen LogP) is 7.65. The van der Waals surface area contributed by atoms with Gasteiger partial charge in [0.2, 0.25) is 0 Å². The van der Waals surface area contributed by atoms with Gasteiger partial charge in [-0.2, -0.15) is 13.2 Å². The lowest BCUT2D eigenvalue weighted by Gasteiger charge is -2.09. The first-order chi connectivity index (χ1) is 14.8. The van der Waals surface area contributed by atoms with Gasteiger partial charge in [-0.3, -0.25) is 0 Å². The molecular formula is C23H15Cl2F3N2O. The van der Waals surface area contributed by atoms with Gasteiger partial charge in [-0.1, -0.05) is 47.5 Å². The summed E-state index contributed by atoms with van der Waals surface area (Å²) < 4.78 is 43.8. The zero-order chi connectivity index (χ0) is 22.0. The number of aromatic amines is 1. The number of ether oxygens (including phenoxy) is 1. The molecule has 0 spiro atoms. The van der Waals surface area contributed by atoms with Gasteiger partial charge in [-0.25, -0.2) is 4.98 Å². The molecule has 8 heteroatoms. The molecular weight excluding hydrogens is 448 g/mol. The minimum absolute atomic E-state index is 0.213. The topological polar surface area (TPSA) is 37.9 Å². The van der Waals surface area contributed by atoms with Crippen LogP contribution in [-0.4, -0.2) is 9.97 Å². The molecule has 4 rings (SSSR count). The SMILES string of the molecule is FC(F)(F)c1ccc(-c2ccc(OCc3ncc(-c4ccc(Cl)cc4Cl)[nH]3)cc2)cc1. The summed E-state index contributed by atoms with van der Waals surface area (Å²) >= 11 is 12.2. The molecule has 31 heavy (non-hydrogen) atoms. The van der Waals surface area contributed by atoms with Crippen molar-refractivity contribution in [2.75, 3.05) is 0 Å². The third kappa shape index (κ3) is 5.03. The third-order valence-electron chi connectivity index (χ3n) is 4.63. The van der Waals surface area contributed by atoms with Crippen LogP contribution in [0.15, 0.2) is 72.9 Å². The van der Waals surface area contributed by atoms with E-state index >= 15 is 0 Å². The molecule has 158 valence electrons. The number of nitrogens with one attached hydrogen (secondary N) is 1. The molecule has 0 bridgehead atoms. The van der Waals surface area contributed by atoms with Crippen molar-refractivity contribution in [1.29, 1.82) is 0 Å². The Morgan fingerprint density at radius 1 is 0.871 bits per heavy atom. The highest BCUT2D eigenvalue weighted by Gasteiger charge is 2.29. The van der Waals surface area contributed by atoms with Gasteiger partial charge in [0, 0.05) is 10.6 Å². The van der Waals surface area contributed by atoms with Crippen molar-refractivity contribution >= 4 is 23.2 Å². The molecule has 3 nitrogen and oxygen atoms in total. The molecule has 0 unspecified atom stereocenters. The van der Waals surface area contributed by atoms with Crippen LogP contribution in [0.4, 0.5) is 13.2 Å². The van der Waals surface area contributed by atoms with E-state index in [0.717, 1.165) is 29.0 Å². The van der Waals surface area contributed by atoms with Crippen molar-refractivity contribution in [3.8, 4) is 28.1 Å². The van der Waals surface area contributed by atoms with Crippen LogP contribution in [0, 0.1) is 0 Å². The van der Waals surface area contributed by atoms with Crippen LogP contribution in [0.3, 0.4) is 0 Å². The molecule has 0 fully saturated rings. The van der Waals surface area contributed by atoms with Gasteiger partial charge >= 0.3 is 6.18 Å². The van der Waals surface area contributed by atoms with E-state index in [9.17, 15) is 13.2 Å². The van der Waals surface area contributed by atoms with Crippen LogP contribution in [0.25, 0.3) is 22.4 Å². The van der Waals surface area contributed by atoms with Crippen molar-refractivity contribution in [3.05, 3.63) is 94.4 Å². The largest absolute Gasteiger partial charge is 0.486 e. The van der Waals surface area contributed by atoms with Crippen LogP contribution in [0.1, 0.15) is 11.4 Å². The highest BCUT2D eigenvalue weighted by Crippen LogP contribution is 2.32. The Morgan fingerprint density at radius 3 is 2.13 bits per heavy atom. The van der Waals surface area contributed by atoms with Crippen LogP contribution in [0.2, 0.25) is 10.0 Å². The van der Waals surface area contributed by atoms with Crippen molar-refractivity contribution < 1.29 is 17.9 Å². The first kappa shape index (κ1) is 21.3. The van der Waals surface area contributed by atoms with Gasteiger partial charge in [0.05, 0.1) is 22.5 Å². The molecule has 1 aromatic heterocycles. The van der Waals surface area contributed by atoms with E-state index in [0.29, 0.717) is 27.2 Å². The van der Waals surface area contributed by atoms with Gasteiger partial charge in [0.1, 0.15) is 18.2 Å². The highest BCUT2D eigenvalue weighted by atomic mass is 35.5. The van der Waals surface area contributed by atoms with E-state index in [1.165, 1.54) is 12.1 Å². The quantitative estimate of drug-likeness (QED) is 0.330. The fraction of sp³-hybridized carbons (Fsp3) is 0.0870. The average Bonchev–Trinajstić information content (AvgIpc) is 3.21. The molecule has 3 aromatic carbocycles. The summed E-state index contributed by atoms with van der Waals surface area (Å²) in [6.45, 7) is 0.213. The number of benzene rings is 3. The lowest BCUT2D eigenvalue weighted by atomic mass is 10.0.